The molecular weight excluding hydrogens is 1320 g/mol. The molecule has 5 fully saturated rings. The third-order valence-electron chi connectivity index (χ3n) is 22.9. The van der Waals surface area contributed by atoms with E-state index >= 15 is 0 Å². The van der Waals surface area contributed by atoms with Crippen molar-refractivity contribution in [2.24, 2.45) is 32.8 Å². The third kappa shape index (κ3) is 38.4. The van der Waals surface area contributed by atoms with E-state index in [-0.39, 0.29) is 62.3 Å². The van der Waals surface area contributed by atoms with Gasteiger partial charge < -0.3 is 65.3 Å². The number of carbonyl (C=O) groups excluding carboxylic acids is 8. The van der Waals surface area contributed by atoms with E-state index in [1.54, 1.807) is 20.9 Å². The maximum atomic E-state index is 12.7. The van der Waals surface area contributed by atoms with Gasteiger partial charge in [0.25, 0.3) is 0 Å². The molecule has 5 unspecified atom stereocenters. The lowest BCUT2D eigenvalue weighted by molar-refractivity contribution is -0.126. The van der Waals surface area contributed by atoms with Gasteiger partial charge in [-0.1, -0.05) is 48.5 Å². The first kappa shape index (κ1) is 98.9. The average Bonchev–Trinajstić information content (AvgIpc) is 0.850. The van der Waals surface area contributed by atoms with Crippen molar-refractivity contribution in [1.29, 1.82) is 0 Å². The Hall–Kier alpha value is -4.12. The molecular formula is C84H162N10O11. The van der Waals surface area contributed by atoms with Crippen LogP contribution in [0.3, 0.4) is 0 Å². The molecule has 21 nitrogen and oxygen atoms in total. The summed E-state index contributed by atoms with van der Waals surface area (Å²) < 4.78 is 15.8. The van der Waals surface area contributed by atoms with Crippen LogP contribution in [0.25, 0.3) is 0 Å². The minimum atomic E-state index is -0.554. The largest absolute Gasteiger partial charge is 0.444 e. The molecule has 0 saturated carbocycles. The molecule has 5 saturated heterocycles. The monoisotopic (exact) mass is 1490 g/mol. The Balaban J connectivity index is 0.000000661. The zero-order chi connectivity index (χ0) is 81.2. The minimum Gasteiger partial charge on any atom is -0.444 e. The fraction of sp³-hybridized carbons (Fsp3) is 0.905. The van der Waals surface area contributed by atoms with Gasteiger partial charge in [0.2, 0.25) is 0 Å². The fourth-order valence-electron chi connectivity index (χ4n) is 14.1. The number of ether oxygens (including phenoxy) is 3. The van der Waals surface area contributed by atoms with Crippen LogP contribution in [0.15, 0.2) is 0 Å². The SMILES string of the molecule is CC(C)N1CCC(C)(CC(=O)C(C)N(C)C(=O)OC(C)(C)C)CC1.CC(NC(=O)OC(C)(C)C)C(=O)CC1(C)CCN(C(C)C)CC1.CCC(N)C(=O)CC1(C)CCN(C(C)C)CC1.CCC(NC(=O)OC(C)(C)C)C(=O)CC1(C)CCN(C(C)C)CC1.CNC(C)C(=O)CC1(C)CCN(C(C)C)CC1. The molecule has 0 aromatic carbocycles. The second kappa shape index (κ2) is 44.1. The van der Waals surface area contributed by atoms with Crippen molar-refractivity contribution in [2.45, 2.75) is 387 Å². The van der Waals surface area contributed by atoms with Crippen molar-refractivity contribution in [2.75, 3.05) is 79.5 Å². The highest BCUT2D eigenvalue weighted by molar-refractivity contribution is 5.89. The van der Waals surface area contributed by atoms with E-state index in [1.807, 2.05) is 90.1 Å². The van der Waals surface area contributed by atoms with Crippen LogP contribution in [0, 0.1) is 27.1 Å². The second-order valence-corrected chi connectivity index (χ2v) is 38.2. The number of amides is 3. The highest BCUT2D eigenvalue weighted by Gasteiger charge is 2.41. The molecule has 5 aliphatic rings. The zero-order valence-corrected chi connectivity index (χ0v) is 73.1. The number of likely N-dealkylation sites (N-methyl/N-ethyl adjacent to an activating group) is 2. The standard InChI is InChI=1S/2C19H36N2O3.C18H34N2O3.2C14H28N2O/c1-14(2)21-11-9-19(7,10-12-21)13-16(22)15(3)20(8)17(23)24-18(4,5)6;1-8-15(20-17(23)24-18(4,5)6)16(22)13-19(7)9-11-21(12-10-19)14(2)3;1-13(2)20-10-8-18(7,9-11-20)12-15(21)14(3)19-16(22)23-17(4,5)6;1-11(2)16-8-6-14(4,7-9-16)10-13(17)12(3)15-5;1-5-12(15)13(17)10-14(4)6-8-16(9-7-14)11(2)3/h14-15H,9-13H2,1-8H3;14-15H,8-13H2,1-7H3,(H,20,23);13-14H,8-12H2,1-7H3,(H,19,22);11-12,15H,6-10H2,1-5H3;11-12H,5-10,15H2,1-4H3. The van der Waals surface area contributed by atoms with Crippen molar-refractivity contribution in [3.63, 3.8) is 0 Å². The highest BCUT2D eigenvalue weighted by atomic mass is 16.6. The maximum absolute atomic E-state index is 12.7. The van der Waals surface area contributed by atoms with Gasteiger partial charge in [0.05, 0.1) is 30.2 Å². The van der Waals surface area contributed by atoms with Gasteiger partial charge in [-0.05, 0) is 329 Å². The Morgan fingerprint density at radius 2 is 0.629 bits per heavy atom. The van der Waals surface area contributed by atoms with E-state index in [0.29, 0.717) is 68.1 Å². The number of Topliss-reactive ketones (excluding diaryl/α,β-unsaturated/α-hetero) is 5. The zero-order valence-electron chi connectivity index (χ0n) is 73.1. The van der Waals surface area contributed by atoms with E-state index in [9.17, 15) is 38.4 Å². The fourth-order valence-corrected chi connectivity index (χ4v) is 14.1. The molecule has 0 bridgehead atoms. The van der Waals surface area contributed by atoms with Gasteiger partial charge in [-0.15, -0.1) is 0 Å². The van der Waals surface area contributed by atoms with Gasteiger partial charge in [0.15, 0.2) is 17.3 Å². The van der Waals surface area contributed by atoms with Crippen LogP contribution >= 0.6 is 0 Å². The minimum absolute atomic E-state index is 0.00467. The van der Waals surface area contributed by atoms with Gasteiger partial charge in [-0.25, -0.2) is 14.4 Å². The Morgan fingerprint density at radius 1 is 0.381 bits per heavy atom. The number of alkyl carbamates (subject to hydrolysis) is 2. The molecule has 0 aromatic heterocycles. The van der Waals surface area contributed by atoms with E-state index < -0.39 is 53.2 Å². The Kier molecular flexibility index (Phi) is 41.5. The van der Waals surface area contributed by atoms with Gasteiger partial charge >= 0.3 is 18.3 Å². The van der Waals surface area contributed by atoms with Crippen molar-refractivity contribution in [1.82, 2.24) is 45.3 Å². The summed E-state index contributed by atoms with van der Waals surface area (Å²) in [7, 11) is 3.49. The van der Waals surface area contributed by atoms with Crippen molar-refractivity contribution < 1.29 is 52.6 Å². The van der Waals surface area contributed by atoms with Crippen LogP contribution in [0.1, 0.15) is 310 Å². The number of nitrogens with one attached hydrogen (secondary N) is 3. The van der Waals surface area contributed by atoms with Crippen LogP contribution in [0.5, 0.6) is 0 Å². The quantitative estimate of drug-likeness (QED) is 0.0588. The molecule has 5 rings (SSSR count). The number of carbonyl (C=O) groups is 8. The van der Waals surface area contributed by atoms with Crippen LogP contribution in [-0.2, 0) is 38.2 Å². The number of ketones is 5. The first-order chi connectivity index (χ1) is 48.0. The molecule has 0 radical (unpaired) electrons. The molecule has 5 N–H and O–H groups in total. The lowest BCUT2D eigenvalue weighted by Gasteiger charge is -2.41. The molecule has 0 spiro atoms. The summed E-state index contributed by atoms with van der Waals surface area (Å²) in [5.41, 5.74) is 4.64. The van der Waals surface area contributed by atoms with Gasteiger partial charge in [0, 0.05) is 69.4 Å². The molecule has 5 aliphatic heterocycles. The van der Waals surface area contributed by atoms with Gasteiger partial charge in [-0.2, -0.15) is 0 Å². The molecule has 0 aromatic rings. The number of nitrogens with zero attached hydrogens (tertiary/aromatic N) is 6. The first-order valence-electron chi connectivity index (χ1n) is 40.7. The number of nitrogens with two attached hydrogens (primary N) is 1. The molecule has 21 heteroatoms. The van der Waals surface area contributed by atoms with Crippen LogP contribution < -0.4 is 21.7 Å². The summed E-state index contributed by atoms with van der Waals surface area (Å²) in [6.45, 7) is 69.8. The number of hydrogen-bond acceptors (Lipinski definition) is 18. The second-order valence-electron chi connectivity index (χ2n) is 38.2. The van der Waals surface area contributed by atoms with E-state index in [4.69, 9.17) is 19.9 Å². The summed E-state index contributed by atoms with van der Waals surface area (Å²) >= 11 is 0. The number of piperidine rings is 5. The molecule has 105 heavy (non-hydrogen) atoms. The van der Waals surface area contributed by atoms with Crippen LogP contribution in [-0.4, -0.2) is 233 Å². The van der Waals surface area contributed by atoms with E-state index in [2.05, 4.69) is 144 Å². The molecule has 0 aliphatic carbocycles. The van der Waals surface area contributed by atoms with Crippen LogP contribution in [0.2, 0.25) is 0 Å². The van der Waals surface area contributed by atoms with Crippen molar-refractivity contribution >= 4 is 47.2 Å². The number of rotatable bonds is 26. The number of likely N-dealkylation sites (tertiary alicyclic amines) is 5. The average molecular weight is 1490 g/mol. The molecule has 614 valence electrons. The molecule has 5 atom stereocenters. The molecule has 5 heterocycles. The van der Waals surface area contributed by atoms with E-state index in [0.717, 1.165) is 142 Å². The first-order valence-corrected chi connectivity index (χ1v) is 40.7. The van der Waals surface area contributed by atoms with Gasteiger partial charge in [0.1, 0.15) is 28.4 Å². The summed E-state index contributed by atoms with van der Waals surface area (Å²) in [5, 5.41) is 8.42. The Bertz CT molecular complexity index is 2520. The number of hydrogen-bond donors (Lipinski definition) is 4. The lowest BCUT2D eigenvalue weighted by Crippen LogP contribution is -2.47. The maximum Gasteiger partial charge on any atom is 0.410 e. The summed E-state index contributed by atoms with van der Waals surface area (Å²) in [6, 6.07) is 1.24. The van der Waals surface area contributed by atoms with Gasteiger partial charge in [-0.3, -0.25) is 24.0 Å². The highest BCUT2D eigenvalue weighted by Crippen LogP contribution is 2.40. The normalized spacial score (nSPS) is 20.8. The van der Waals surface area contributed by atoms with Crippen molar-refractivity contribution in [3.8, 4) is 0 Å². The summed E-state index contributed by atoms with van der Waals surface area (Å²) in [6.07, 6.45) is 13.5. The Labute approximate surface area is 641 Å². The third-order valence-corrected chi connectivity index (χ3v) is 22.9. The smallest absolute Gasteiger partial charge is 0.410 e. The molecule has 3 amide bonds. The predicted octanol–water partition coefficient (Wildman–Crippen LogP) is 15.1. The van der Waals surface area contributed by atoms with E-state index in [1.165, 1.54) is 4.90 Å². The topological polar surface area (TPSA) is 246 Å². The Morgan fingerprint density at radius 3 is 0.876 bits per heavy atom. The van der Waals surface area contributed by atoms with Crippen LogP contribution in [0.4, 0.5) is 14.4 Å². The summed E-state index contributed by atoms with van der Waals surface area (Å²) in [5.74, 6) is 0.907. The summed E-state index contributed by atoms with van der Waals surface area (Å²) in [4.78, 5) is 111. The predicted molar refractivity (Wildman–Crippen MR) is 431 cm³/mol. The van der Waals surface area contributed by atoms with Crippen molar-refractivity contribution in [3.05, 3.63) is 0 Å². The lowest BCUT2D eigenvalue weighted by atomic mass is 9.75.